The lowest BCUT2D eigenvalue weighted by Crippen LogP contribution is -2.49. The van der Waals surface area contributed by atoms with Crippen molar-refractivity contribution in [3.8, 4) is 11.3 Å². The van der Waals surface area contributed by atoms with Crippen LogP contribution < -0.4 is 10.7 Å². The molecule has 3 N–H and O–H groups in total. The highest BCUT2D eigenvalue weighted by Gasteiger charge is 2.38. The Bertz CT molecular complexity index is 1300. The van der Waals surface area contributed by atoms with E-state index in [0.29, 0.717) is 74.7 Å². The Hall–Kier alpha value is -4.03. The first-order valence-electron chi connectivity index (χ1n) is 12.0. The number of piperidine rings is 1. The molecule has 4 heterocycles. The number of ketones is 1. The van der Waals surface area contributed by atoms with Crippen LogP contribution in [0, 0.1) is 0 Å². The van der Waals surface area contributed by atoms with Crippen LogP contribution >= 0.6 is 0 Å². The van der Waals surface area contributed by atoms with E-state index in [1.54, 1.807) is 28.4 Å². The summed E-state index contributed by atoms with van der Waals surface area (Å²) in [5.41, 5.74) is 6.43. The molecule has 3 aromatic rings. The molecule has 0 radical (unpaired) electrons. The number of nitrogens with zero attached hydrogens (tertiary/aromatic N) is 5. The maximum absolute atomic E-state index is 13.6. The standard InChI is InChI=1S/C24H26N8O4/c33-22-18-16(2-1-3-17(18)26-23(34)29-32-10-12-36-13-11-32)21-19(22)20(27-28-21)15-4-7-30(8-5-15)24(35)31-9-6-25-14-31/h1-3,6,9,14-15H,4-5,7-8,10-13H2,(H,27,28)(H2,26,29,34). The molecular weight excluding hydrogens is 464 g/mol. The highest BCUT2D eigenvalue weighted by Crippen LogP contribution is 2.43. The minimum Gasteiger partial charge on any atom is -0.379 e. The predicted molar refractivity (Wildman–Crippen MR) is 129 cm³/mol. The van der Waals surface area contributed by atoms with Crippen LogP contribution in [-0.2, 0) is 4.74 Å². The predicted octanol–water partition coefficient (Wildman–Crippen LogP) is 2.03. The molecule has 2 fully saturated rings. The maximum atomic E-state index is 13.6. The van der Waals surface area contributed by atoms with Crippen molar-refractivity contribution < 1.29 is 19.1 Å². The number of rotatable bonds is 3. The van der Waals surface area contributed by atoms with E-state index in [4.69, 9.17) is 4.74 Å². The number of morpholine rings is 1. The van der Waals surface area contributed by atoms with Gasteiger partial charge in [0.25, 0.3) is 0 Å². The molecule has 36 heavy (non-hydrogen) atoms. The summed E-state index contributed by atoms with van der Waals surface area (Å²) in [6, 6.07) is 4.90. The van der Waals surface area contributed by atoms with Crippen LogP contribution in [0.15, 0.2) is 36.9 Å². The first kappa shape index (κ1) is 22.4. The number of ether oxygens (including phenoxy) is 1. The van der Waals surface area contributed by atoms with E-state index in [-0.39, 0.29) is 17.7 Å². The smallest absolute Gasteiger partial charge is 0.333 e. The van der Waals surface area contributed by atoms with E-state index >= 15 is 0 Å². The Morgan fingerprint density at radius 1 is 1.08 bits per heavy atom. The van der Waals surface area contributed by atoms with Crippen molar-refractivity contribution in [3.63, 3.8) is 0 Å². The van der Waals surface area contributed by atoms with Gasteiger partial charge < -0.3 is 15.0 Å². The Kier molecular flexibility index (Phi) is 5.74. The van der Waals surface area contributed by atoms with Crippen LogP contribution in [0.5, 0.6) is 0 Å². The molecule has 3 amide bonds. The molecular formula is C24H26N8O4. The Morgan fingerprint density at radius 3 is 2.64 bits per heavy atom. The van der Waals surface area contributed by atoms with Gasteiger partial charge in [0.15, 0.2) is 5.78 Å². The fraction of sp³-hybridized carbons (Fsp3) is 0.375. The van der Waals surface area contributed by atoms with Crippen molar-refractivity contribution in [1.29, 1.82) is 0 Å². The molecule has 0 spiro atoms. The van der Waals surface area contributed by atoms with Gasteiger partial charge in [0.2, 0.25) is 0 Å². The van der Waals surface area contributed by atoms with Gasteiger partial charge in [-0.3, -0.25) is 19.9 Å². The Morgan fingerprint density at radius 2 is 1.89 bits per heavy atom. The minimum atomic E-state index is -0.401. The molecule has 2 aromatic heterocycles. The average molecular weight is 491 g/mol. The van der Waals surface area contributed by atoms with Crippen LogP contribution in [0.1, 0.15) is 40.4 Å². The number of carbonyl (C=O) groups excluding carboxylic acids is 3. The summed E-state index contributed by atoms with van der Waals surface area (Å²) in [5.74, 6) is -0.0981. The summed E-state index contributed by atoms with van der Waals surface area (Å²) < 4.78 is 6.78. The van der Waals surface area contributed by atoms with E-state index in [2.05, 4.69) is 25.9 Å². The third-order valence-corrected chi connectivity index (χ3v) is 6.98. The highest BCUT2D eigenvalue weighted by molar-refractivity contribution is 6.25. The number of imidazole rings is 1. The molecule has 0 unspecified atom stereocenters. The quantitative estimate of drug-likeness (QED) is 0.400. The number of aromatic nitrogens is 4. The number of hydrogen-bond acceptors (Lipinski definition) is 7. The van der Waals surface area contributed by atoms with Gasteiger partial charge in [-0.1, -0.05) is 12.1 Å². The van der Waals surface area contributed by atoms with Crippen LogP contribution in [-0.4, -0.2) is 86.9 Å². The number of anilines is 1. The number of benzene rings is 1. The fourth-order valence-electron chi connectivity index (χ4n) is 5.16. The zero-order valence-corrected chi connectivity index (χ0v) is 19.6. The van der Waals surface area contributed by atoms with Crippen molar-refractivity contribution in [2.45, 2.75) is 18.8 Å². The molecule has 0 saturated carbocycles. The van der Waals surface area contributed by atoms with E-state index < -0.39 is 6.03 Å². The molecule has 2 aliphatic heterocycles. The number of fused-ring (bicyclic) bond motifs is 3. The van der Waals surface area contributed by atoms with Crippen molar-refractivity contribution in [2.75, 3.05) is 44.7 Å². The first-order chi connectivity index (χ1) is 17.6. The van der Waals surface area contributed by atoms with Crippen LogP contribution in [0.2, 0.25) is 0 Å². The molecule has 1 aromatic carbocycles. The van der Waals surface area contributed by atoms with E-state index in [1.165, 1.54) is 10.9 Å². The van der Waals surface area contributed by atoms with Crippen molar-refractivity contribution in [1.82, 2.24) is 35.1 Å². The Balaban J connectivity index is 1.17. The van der Waals surface area contributed by atoms with Gasteiger partial charge in [-0.25, -0.2) is 19.6 Å². The van der Waals surface area contributed by atoms with Crippen molar-refractivity contribution >= 4 is 23.5 Å². The monoisotopic (exact) mass is 490 g/mol. The number of hydrogen-bond donors (Lipinski definition) is 3. The van der Waals surface area contributed by atoms with Gasteiger partial charge in [0.1, 0.15) is 6.33 Å². The summed E-state index contributed by atoms with van der Waals surface area (Å²) in [7, 11) is 0. The molecule has 12 nitrogen and oxygen atoms in total. The van der Waals surface area contributed by atoms with E-state index in [1.807, 2.05) is 12.1 Å². The third kappa shape index (κ3) is 3.93. The number of amides is 3. The molecule has 12 heteroatoms. The lowest BCUT2D eigenvalue weighted by Gasteiger charge is -2.31. The molecule has 186 valence electrons. The minimum absolute atomic E-state index is 0.0520. The second kappa shape index (κ2) is 9.21. The lowest BCUT2D eigenvalue weighted by atomic mass is 9.90. The van der Waals surface area contributed by atoms with Gasteiger partial charge >= 0.3 is 12.1 Å². The molecule has 6 rings (SSSR count). The fourth-order valence-corrected chi connectivity index (χ4v) is 5.16. The van der Waals surface area contributed by atoms with Gasteiger partial charge in [0, 0.05) is 50.1 Å². The number of H-pyrrole nitrogens is 1. The normalized spacial score (nSPS) is 18.1. The lowest BCUT2D eigenvalue weighted by molar-refractivity contribution is 0.0207. The largest absolute Gasteiger partial charge is 0.379 e. The van der Waals surface area contributed by atoms with Crippen LogP contribution in [0.3, 0.4) is 0 Å². The zero-order chi connectivity index (χ0) is 24.6. The molecule has 0 bridgehead atoms. The topological polar surface area (TPSA) is 137 Å². The molecule has 3 aliphatic rings. The van der Waals surface area contributed by atoms with Gasteiger partial charge in [-0.15, -0.1) is 0 Å². The summed E-state index contributed by atoms with van der Waals surface area (Å²) in [6.07, 6.45) is 6.12. The van der Waals surface area contributed by atoms with Gasteiger partial charge in [-0.2, -0.15) is 5.10 Å². The van der Waals surface area contributed by atoms with Crippen LogP contribution in [0.25, 0.3) is 11.3 Å². The number of aromatic amines is 1. The molecule has 0 atom stereocenters. The van der Waals surface area contributed by atoms with Crippen molar-refractivity contribution in [2.24, 2.45) is 0 Å². The van der Waals surface area contributed by atoms with Crippen LogP contribution in [0.4, 0.5) is 15.3 Å². The first-order valence-corrected chi connectivity index (χ1v) is 12.0. The number of nitrogens with one attached hydrogen (secondary N) is 3. The molecule has 2 saturated heterocycles. The maximum Gasteiger partial charge on any atom is 0.333 e. The second-order valence-corrected chi connectivity index (χ2v) is 9.10. The number of likely N-dealkylation sites (tertiary alicyclic amines) is 1. The number of hydrazine groups is 1. The number of urea groups is 1. The SMILES string of the molecule is O=C(Nc1cccc2c1C(=O)c1c(C3CCN(C(=O)n4ccnc4)CC3)n[nH]c1-2)NN1CCOCC1. The van der Waals surface area contributed by atoms with Gasteiger partial charge in [0.05, 0.1) is 41.4 Å². The number of carbonyl (C=O) groups is 3. The van der Waals surface area contributed by atoms with Gasteiger partial charge in [-0.05, 0) is 18.9 Å². The van der Waals surface area contributed by atoms with E-state index in [9.17, 15) is 14.4 Å². The highest BCUT2D eigenvalue weighted by atomic mass is 16.5. The zero-order valence-electron chi connectivity index (χ0n) is 19.6. The van der Waals surface area contributed by atoms with Crippen molar-refractivity contribution in [3.05, 3.63) is 53.7 Å². The average Bonchev–Trinajstić information content (AvgIpc) is 3.64. The summed E-state index contributed by atoms with van der Waals surface area (Å²) in [6.45, 7) is 3.45. The Labute approximate surface area is 206 Å². The molecule has 1 aliphatic carbocycles. The summed E-state index contributed by atoms with van der Waals surface area (Å²) in [4.78, 5) is 44.6. The summed E-state index contributed by atoms with van der Waals surface area (Å²) in [5, 5.41) is 12.2. The third-order valence-electron chi connectivity index (χ3n) is 6.98. The summed E-state index contributed by atoms with van der Waals surface area (Å²) >= 11 is 0. The second-order valence-electron chi connectivity index (χ2n) is 9.10. The van der Waals surface area contributed by atoms with E-state index in [0.717, 1.165) is 11.3 Å².